The molecule has 0 aliphatic rings. The molecular formula is C20H18O4S. The second-order valence-corrected chi connectivity index (χ2v) is 6.39. The molecule has 0 unspecified atom stereocenters. The van der Waals surface area contributed by atoms with Crippen molar-refractivity contribution in [1.82, 2.24) is 0 Å². The third-order valence-corrected chi connectivity index (χ3v) is 4.78. The number of carbonyl (C=O) groups excluding carboxylic acids is 1. The molecule has 0 atom stereocenters. The molecule has 0 saturated heterocycles. The predicted molar refractivity (Wildman–Crippen MR) is 99.1 cm³/mol. The van der Waals surface area contributed by atoms with E-state index in [9.17, 15) is 9.90 Å². The van der Waals surface area contributed by atoms with Crippen LogP contribution in [0.4, 0.5) is 4.79 Å². The van der Waals surface area contributed by atoms with Gasteiger partial charge in [0.1, 0.15) is 0 Å². The summed E-state index contributed by atoms with van der Waals surface area (Å²) in [5, 5.41) is 10.7. The highest BCUT2D eigenvalue weighted by atomic mass is 32.1. The Morgan fingerprint density at radius 2 is 1.52 bits per heavy atom. The number of carbonyl (C=O) groups is 1. The van der Waals surface area contributed by atoms with Crippen molar-refractivity contribution in [2.24, 2.45) is 0 Å². The number of rotatable bonds is 5. The molecular weight excluding hydrogens is 336 g/mol. The zero-order chi connectivity index (χ0) is 17.6. The molecule has 128 valence electrons. The highest BCUT2D eigenvalue weighted by molar-refractivity contribution is 7.19. The second kappa shape index (κ2) is 7.85. The van der Waals surface area contributed by atoms with E-state index in [-0.39, 0.29) is 18.1 Å². The minimum absolute atomic E-state index is 0.0523. The van der Waals surface area contributed by atoms with Gasteiger partial charge in [-0.15, -0.1) is 11.3 Å². The maximum absolute atomic E-state index is 11.9. The fourth-order valence-electron chi connectivity index (χ4n) is 2.36. The third kappa shape index (κ3) is 3.83. The van der Waals surface area contributed by atoms with E-state index in [2.05, 4.69) is 0 Å². The molecule has 25 heavy (non-hydrogen) atoms. The lowest BCUT2D eigenvalue weighted by atomic mass is 10.1. The monoisotopic (exact) mass is 354 g/mol. The first-order valence-corrected chi connectivity index (χ1v) is 8.83. The van der Waals surface area contributed by atoms with Gasteiger partial charge in [-0.1, -0.05) is 67.6 Å². The van der Waals surface area contributed by atoms with Crippen molar-refractivity contribution >= 4 is 17.5 Å². The van der Waals surface area contributed by atoms with Gasteiger partial charge in [0.2, 0.25) is 0 Å². The molecule has 1 heterocycles. The normalized spacial score (nSPS) is 10.4. The van der Waals surface area contributed by atoms with Crippen molar-refractivity contribution in [3.05, 3.63) is 60.7 Å². The fraction of sp³-hybridized carbons (Fsp3) is 0.150. The lowest BCUT2D eigenvalue weighted by molar-refractivity contribution is 0.0984. The summed E-state index contributed by atoms with van der Waals surface area (Å²) < 4.78 is 10.3. The van der Waals surface area contributed by atoms with E-state index < -0.39 is 6.16 Å². The van der Waals surface area contributed by atoms with Crippen molar-refractivity contribution in [2.75, 3.05) is 6.61 Å². The molecule has 2 aromatic carbocycles. The Labute approximate surface area is 150 Å². The highest BCUT2D eigenvalue weighted by Gasteiger charge is 2.24. The summed E-state index contributed by atoms with van der Waals surface area (Å²) in [4.78, 5) is 13.2. The van der Waals surface area contributed by atoms with Crippen molar-refractivity contribution in [3.63, 3.8) is 0 Å². The summed E-state index contributed by atoms with van der Waals surface area (Å²) in [5.41, 5.74) is 1.72. The van der Waals surface area contributed by atoms with E-state index in [0.29, 0.717) is 16.2 Å². The van der Waals surface area contributed by atoms with E-state index in [0.717, 1.165) is 11.1 Å². The van der Waals surface area contributed by atoms with Crippen LogP contribution in [-0.2, 0) is 4.74 Å². The van der Waals surface area contributed by atoms with Gasteiger partial charge in [0.25, 0.3) is 0 Å². The summed E-state index contributed by atoms with van der Waals surface area (Å²) in [6.45, 7) is 2.17. The molecule has 0 saturated carbocycles. The molecule has 3 aromatic rings. The fourth-order valence-corrected chi connectivity index (χ4v) is 3.50. The number of hydrogen-bond acceptors (Lipinski definition) is 5. The number of ether oxygens (including phenoxy) is 2. The Balaban J connectivity index is 2.04. The summed E-state index contributed by atoms with van der Waals surface area (Å²) in [6, 6.07) is 19.0. The first kappa shape index (κ1) is 17.0. The van der Waals surface area contributed by atoms with Crippen LogP contribution in [0.5, 0.6) is 11.5 Å². The van der Waals surface area contributed by atoms with Gasteiger partial charge < -0.3 is 14.6 Å². The number of thiophene rings is 1. The molecule has 3 rings (SSSR count). The average molecular weight is 354 g/mol. The maximum Gasteiger partial charge on any atom is 0.514 e. The van der Waals surface area contributed by atoms with Gasteiger partial charge in [-0.2, -0.15) is 0 Å². The molecule has 0 aliphatic carbocycles. The van der Waals surface area contributed by atoms with Crippen molar-refractivity contribution in [2.45, 2.75) is 13.3 Å². The van der Waals surface area contributed by atoms with Crippen LogP contribution in [0.1, 0.15) is 13.3 Å². The first-order chi connectivity index (χ1) is 12.2. The maximum atomic E-state index is 11.9. The molecule has 0 radical (unpaired) electrons. The van der Waals surface area contributed by atoms with Crippen molar-refractivity contribution in [3.8, 4) is 32.4 Å². The standard InChI is InChI=1S/C20H18O4S/c1-2-13-23-20(22)24-17-16(21)18(14-9-5-3-6-10-14)25-19(17)15-11-7-4-8-12-15/h3-12,21H,2,13H2,1H3. The molecule has 0 spiro atoms. The average Bonchev–Trinajstić information content (AvgIpc) is 2.98. The van der Waals surface area contributed by atoms with Gasteiger partial charge in [-0.3, -0.25) is 0 Å². The van der Waals surface area contributed by atoms with Crippen LogP contribution in [-0.4, -0.2) is 17.9 Å². The van der Waals surface area contributed by atoms with Crippen LogP contribution in [0.2, 0.25) is 0 Å². The van der Waals surface area contributed by atoms with Crippen molar-refractivity contribution < 1.29 is 19.4 Å². The smallest absolute Gasteiger partial charge is 0.503 e. The zero-order valence-electron chi connectivity index (χ0n) is 13.8. The van der Waals surface area contributed by atoms with Gasteiger partial charge >= 0.3 is 6.16 Å². The molecule has 0 aliphatic heterocycles. The topological polar surface area (TPSA) is 55.8 Å². The van der Waals surface area contributed by atoms with Gasteiger partial charge in [-0.25, -0.2) is 4.79 Å². The van der Waals surface area contributed by atoms with E-state index >= 15 is 0 Å². The number of aromatic hydroxyl groups is 1. The van der Waals surface area contributed by atoms with Crippen LogP contribution >= 0.6 is 11.3 Å². The lowest BCUT2D eigenvalue weighted by Crippen LogP contribution is -2.11. The first-order valence-electron chi connectivity index (χ1n) is 8.02. The van der Waals surface area contributed by atoms with E-state index in [1.165, 1.54) is 11.3 Å². The molecule has 1 N–H and O–H groups in total. The Bertz CT molecular complexity index is 841. The second-order valence-electron chi connectivity index (χ2n) is 5.37. The van der Waals surface area contributed by atoms with Crippen LogP contribution in [0.25, 0.3) is 20.9 Å². The Morgan fingerprint density at radius 3 is 2.08 bits per heavy atom. The molecule has 1 aromatic heterocycles. The Hall–Kier alpha value is -2.79. The third-order valence-electron chi connectivity index (χ3n) is 3.52. The van der Waals surface area contributed by atoms with Gasteiger partial charge in [0, 0.05) is 0 Å². The minimum atomic E-state index is -0.813. The van der Waals surface area contributed by atoms with Crippen LogP contribution in [0, 0.1) is 0 Å². The molecule has 0 fully saturated rings. The minimum Gasteiger partial charge on any atom is -0.503 e. The lowest BCUT2D eigenvalue weighted by Gasteiger charge is -2.07. The summed E-state index contributed by atoms with van der Waals surface area (Å²) in [5.74, 6) is 0.0830. The zero-order valence-corrected chi connectivity index (χ0v) is 14.6. The predicted octanol–water partition coefficient (Wildman–Crippen LogP) is 5.71. The summed E-state index contributed by atoms with van der Waals surface area (Å²) >= 11 is 1.38. The van der Waals surface area contributed by atoms with Gasteiger partial charge in [-0.05, 0) is 17.5 Å². The SMILES string of the molecule is CCCOC(=O)Oc1c(-c2ccccc2)sc(-c2ccccc2)c1O. The highest BCUT2D eigenvalue weighted by Crippen LogP contribution is 2.51. The molecule has 0 amide bonds. The van der Waals surface area contributed by atoms with E-state index in [1.54, 1.807) is 0 Å². The van der Waals surface area contributed by atoms with Crippen LogP contribution in [0.15, 0.2) is 60.7 Å². The van der Waals surface area contributed by atoms with E-state index in [1.807, 2.05) is 67.6 Å². The largest absolute Gasteiger partial charge is 0.514 e. The number of hydrogen-bond donors (Lipinski definition) is 1. The Kier molecular flexibility index (Phi) is 5.36. The van der Waals surface area contributed by atoms with Crippen molar-refractivity contribution in [1.29, 1.82) is 0 Å². The van der Waals surface area contributed by atoms with Crippen LogP contribution in [0.3, 0.4) is 0 Å². The van der Waals surface area contributed by atoms with Gasteiger partial charge in [0.05, 0.1) is 16.4 Å². The van der Waals surface area contributed by atoms with E-state index in [4.69, 9.17) is 9.47 Å². The quantitative estimate of drug-likeness (QED) is 0.596. The number of benzene rings is 2. The summed E-state index contributed by atoms with van der Waals surface area (Å²) in [6.07, 6.45) is -0.113. The molecule has 0 bridgehead atoms. The van der Waals surface area contributed by atoms with Crippen LogP contribution < -0.4 is 4.74 Å². The molecule has 5 heteroatoms. The molecule has 4 nitrogen and oxygen atoms in total. The van der Waals surface area contributed by atoms with Gasteiger partial charge in [0.15, 0.2) is 11.5 Å². The Morgan fingerprint density at radius 1 is 0.960 bits per heavy atom. The summed E-state index contributed by atoms with van der Waals surface area (Å²) in [7, 11) is 0.